The average molecular weight is 291 g/mol. The number of nitrogen functional groups attached to an aromatic ring is 1. The van der Waals surface area contributed by atoms with Crippen LogP contribution in [0, 0.1) is 5.92 Å². The van der Waals surface area contributed by atoms with E-state index in [1.807, 2.05) is 0 Å². The second kappa shape index (κ2) is 5.84. The molecule has 2 N–H and O–H groups in total. The summed E-state index contributed by atoms with van der Waals surface area (Å²) < 4.78 is 16.2. The van der Waals surface area contributed by atoms with Gasteiger partial charge in [0.25, 0.3) is 0 Å². The quantitative estimate of drug-likeness (QED) is 0.684. The van der Waals surface area contributed by atoms with E-state index in [9.17, 15) is 4.79 Å². The molecule has 1 aromatic rings. The van der Waals surface area contributed by atoms with E-state index in [0.29, 0.717) is 28.7 Å². The van der Waals surface area contributed by atoms with Crippen molar-refractivity contribution in [2.75, 3.05) is 12.5 Å². The predicted octanol–water partition coefficient (Wildman–Crippen LogP) is 3.12. The van der Waals surface area contributed by atoms with Crippen LogP contribution in [0.25, 0.3) is 0 Å². The van der Waals surface area contributed by atoms with Gasteiger partial charge in [0, 0.05) is 12.1 Å². The highest BCUT2D eigenvalue weighted by Gasteiger charge is 2.29. The van der Waals surface area contributed by atoms with Crippen molar-refractivity contribution in [3.05, 3.63) is 17.7 Å². The van der Waals surface area contributed by atoms with E-state index in [1.54, 1.807) is 12.1 Å². The monoisotopic (exact) mass is 291 g/mol. The smallest absolute Gasteiger partial charge is 0.340 e. The van der Waals surface area contributed by atoms with Crippen molar-refractivity contribution in [1.82, 2.24) is 0 Å². The maximum absolute atomic E-state index is 12.4. The number of ether oxygens (including phenoxy) is 3. The van der Waals surface area contributed by atoms with Crippen LogP contribution in [0.4, 0.5) is 5.69 Å². The molecule has 3 rings (SSSR count). The molecular weight excluding hydrogens is 270 g/mol. The summed E-state index contributed by atoms with van der Waals surface area (Å²) in [4.78, 5) is 12.4. The first kappa shape index (κ1) is 14.0. The number of esters is 1. The van der Waals surface area contributed by atoms with Gasteiger partial charge in [-0.25, -0.2) is 4.79 Å². The summed E-state index contributed by atoms with van der Waals surface area (Å²) >= 11 is 0. The summed E-state index contributed by atoms with van der Waals surface area (Å²) in [5.41, 5.74) is 6.66. The van der Waals surface area contributed by atoms with Crippen LogP contribution in [0.15, 0.2) is 12.1 Å². The van der Waals surface area contributed by atoms with Crippen LogP contribution in [0.1, 0.15) is 49.4 Å². The van der Waals surface area contributed by atoms with Crippen molar-refractivity contribution >= 4 is 11.7 Å². The number of hydrogen-bond donors (Lipinski definition) is 1. The van der Waals surface area contributed by atoms with E-state index in [4.69, 9.17) is 19.9 Å². The second-order valence-corrected chi connectivity index (χ2v) is 5.69. The van der Waals surface area contributed by atoms with Gasteiger partial charge in [0.15, 0.2) is 11.5 Å². The molecule has 5 nitrogen and oxygen atoms in total. The van der Waals surface area contributed by atoms with E-state index >= 15 is 0 Å². The van der Waals surface area contributed by atoms with Crippen LogP contribution >= 0.6 is 0 Å². The highest BCUT2D eigenvalue weighted by Crippen LogP contribution is 2.37. The maximum Gasteiger partial charge on any atom is 0.340 e. The summed E-state index contributed by atoms with van der Waals surface area (Å²) in [7, 11) is 0. The Balaban J connectivity index is 1.76. The minimum Gasteiger partial charge on any atom is -0.458 e. The summed E-state index contributed by atoms with van der Waals surface area (Å²) in [6.07, 6.45) is 5.44. The minimum atomic E-state index is -0.365. The molecule has 1 aromatic carbocycles. The second-order valence-electron chi connectivity index (χ2n) is 5.69. The first-order valence-electron chi connectivity index (χ1n) is 7.59. The zero-order valence-electron chi connectivity index (χ0n) is 12.3. The fourth-order valence-electron chi connectivity index (χ4n) is 3.13. The molecule has 1 saturated carbocycles. The zero-order chi connectivity index (χ0) is 14.8. The number of benzene rings is 1. The van der Waals surface area contributed by atoms with Gasteiger partial charge in [0.2, 0.25) is 6.79 Å². The van der Waals surface area contributed by atoms with Crippen LogP contribution in [0.2, 0.25) is 0 Å². The first-order valence-corrected chi connectivity index (χ1v) is 7.59. The Hall–Kier alpha value is -1.91. The molecule has 21 heavy (non-hydrogen) atoms. The van der Waals surface area contributed by atoms with Gasteiger partial charge in [-0.2, -0.15) is 0 Å². The fourth-order valence-corrected chi connectivity index (χ4v) is 3.13. The van der Waals surface area contributed by atoms with Gasteiger partial charge in [-0.1, -0.05) is 13.3 Å². The van der Waals surface area contributed by atoms with Gasteiger partial charge in [0.1, 0.15) is 6.10 Å². The third-order valence-electron chi connectivity index (χ3n) is 4.39. The summed E-state index contributed by atoms with van der Waals surface area (Å²) in [5.74, 6) is 1.22. The van der Waals surface area contributed by atoms with E-state index in [1.165, 1.54) is 6.42 Å². The molecule has 1 aliphatic heterocycles. The number of carbonyl (C=O) groups is 1. The molecular formula is C16H21NO4. The number of fused-ring (bicyclic) bond motifs is 1. The number of hydrogen-bond acceptors (Lipinski definition) is 5. The molecule has 2 aliphatic rings. The minimum absolute atomic E-state index is 0.000993. The standard InChI is InChI=1S/C16H21NO4/c1-2-10-5-3-4-6-13(10)21-16(18)11-7-14-15(8-12(11)17)20-9-19-14/h7-8,10,13H,2-6,9,17H2,1H3. The topological polar surface area (TPSA) is 70.8 Å². The third-order valence-corrected chi connectivity index (χ3v) is 4.39. The normalized spacial score (nSPS) is 23.9. The van der Waals surface area contributed by atoms with Crippen molar-refractivity contribution in [3.63, 3.8) is 0 Å². The SMILES string of the molecule is CCC1CCCCC1OC(=O)c1cc2c(cc1N)OCO2. The number of anilines is 1. The van der Waals surface area contributed by atoms with Gasteiger partial charge in [-0.15, -0.1) is 0 Å². The Morgan fingerprint density at radius 1 is 1.29 bits per heavy atom. The molecule has 1 aliphatic carbocycles. The molecule has 0 radical (unpaired) electrons. The molecule has 0 aromatic heterocycles. The molecule has 114 valence electrons. The highest BCUT2D eigenvalue weighted by atomic mass is 16.7. The maximum atomic E-state index is 12.4. The number of rotatable bonds is 3. The number of nitrogens with two attached hydrogens (primary N) is 1. The number of carbonyl (C=O) groups excluding carboxylic acids is 1. The predicted molar refractivity (Wildman–Crippen MR) is 78.4 cm³/mol. The van der Waals surface area contributed by atoms with Crippen LogP contribution in [-0.4, -0.2) is 18.9 Å². The van der Waals surface area contributed by atoms with Crippen molar-refractivity contribution < 1.29 is 19.0 Å². The van der Waals surface area contributed by atoms with Crippen molar-refractivity contribution in [3.8, 4) is 11.5 Å². The molecule has 1 heterocycles. The fraction of sp³-hybridized carbons (Fsp3) is 0.562. The molecule has 2 unspecified atom stereocenters. The van der Waals surface area contributed by atoms with Crippen LogP contribution < -0.4 is 15.2 Å². The van der Waals surface area contributed by atoms with Gasteiger partial charge in [-0.05, 0) is 31.6 Å². The lowest BCUT2D eigenvalue weighted by Gasteiger charge is -2.30. The average Bonchev–Trinajstić information content (AvgIpc) is 2.94. The summed E-state index contributed by atoms with van der Waals surface area (Å²) in [6.45, 7) is 2.31. The summed E-state index contributed by atoms with van der Waals surface area (Å²) in [6, 6.07) is 3.24. The zero-order valence-corrected chi connectivity index (χ0v) is 12.3. The largest absolute Gasteiger partial charge is 0.458 e. The Bertz CT molecular complexity index is 543. The van der Waals surface area contributed by atoms with Gasteiger partial charge in [-0.3, -0.25) is 0 Å². The molecule has 0 amide bonds. The first-order chi connectivity index (χ1) is 10.2. The molecule has 0 spiro atoms. The van der Waals surface area contributed by atoms with E-state index in [2.05, 4.69) is 6.92 Å². The molecule has 0 saturated heterocycles. The van der Waals surface area contributed by atoms with E-state index in [0.717, 1.165) is 25.7 Å². The van der Waals surface area contributed by atoms with Crippen LogP contribution in [-0.2, 0) is 4.74 Å². The van der Waals surface area contributed by atoms with E-state index in [-0.39, 0.29) is 18.9 Å². The highest BCUT2D eigenvalue weighted by molar-refractivity contribution is 5.96. The molecule has 0 bridgehead atoms. The lowest BCUT2D eigenvalue weighted by atomic mass is 9.85. The lowest BCUT2D eigenvalue weighted by molar-refractivity contribution is 0.000793. The van der Waals surface area contributed by atoms with E-state index < -0.39 is 0 Å². The molecule has 5 heteroatoms. The van der Waals surface area contributed by atoms with Crippen molar-refractivity contribution in [1.29, 1.82) is 0 Å². The van der Waals surface area contributed by atoms with Crippen molar-refractivity contribution in [2.24, 2.45) is 5.92 Å². The molecule has 1 fully saturated rings. The Labute approximate surface area is 124 Å². The Morgan fingerprint density at radius 2 is 2.00 bits per heavy atom. The Morgan fingerprint density at radius 3 is 2.76 bits per heavy atom. The third kappa shape index (κ3) is 2.77. The van der Waals surface area contributed by atoms with Crippen LogP contribution in [0.3, 0.4) is 0 Å². The lowest BCUT2D eigenvalue weighted by Crippen LogP contribution is -2.30. The van der Waals surface area contributed by atoms with Gasteiger partial charge < -0.3 is 19.9 Å². The van der Waals surface area contributed by atoms with Gasteiger partial charge >= 0.3 is 5.97 Å². The van der Waals surface area contributed by atoms with Crippen LogP contribution in [0.5, 0.6) is 11.5 Å². The summed E-state index contributed by atoms with van der Waals surface area (Å²) in [5, 5.41) is 0. The van der Waals surface area contributed by atoms with Gasteiger partial charge in [0.05, 0.1) is 11.3 Å². The molecule has 2 atom stereocenters. The van der Waals surface area contributed by atoms with Crippen molar-refractivity contribution in [2.45, 2.75) is 45.1 Å². The Kier molecular flexibility index (Phi) is 3.90.